The Morgan fingerprint density at radius 2 is 1.79 bits per heavy atom. The van der Waals surface area contributed by atoms with Crippen LogP contribution in [0.25, 0.3) is 21.5 Å². The highest BCUT2D eigenvalue weighted by atomic mass is 32.1. The van der Waals surface area contributed by atoms with E-state index in [1.165, 1.54) is 16.2 Å². The predicted octanol–water partition coefficient (Wildman–Crippen LogP) is 4.49. The van der Waals surface area contributed by atoms with Crippen molar-refractivity contribution >= 4 is 45.4 Å². The molecule has 0 unspecified atom stereocenters. The van der Waals surface area contributed by atoms with Crippen molar-refractivity contribution in [1.29, 1.82) is 0 Å². The summed E-state index contributed by atoms with van der Waals surface area (Å²) in [4.78, 5) is 45.6. The highest BCUT2D eigenvalue weighted by Crippen LogP contribution is 2.31. The molecule has 4 aromatic rings. The predicted molar refractivity (Wildman–Crippen MR) is 129 cm³/mol. The summed E-state index contributed by atoms with van der Waals surface area (Å²) in [5.74, 6) is -1.08. The summed E-state index contributed by atoms with van der Waals surface area (Å²) in [7, 11) is 0. The number of para-hydroxylation sites is 1. The van der Waals surface area contributed by atoms with Crippen molar-refractivity contribution in [1.82, 2.24) is 4.98 Å². The van der Waals surface area contributed by atoms with Gasteiger partial charge in [0.25, 0.3) is 11.7 Å². The summed E-state index contributed by atoms with van der Waals surface area (Å²) in [6.45, 7) is 6.04. The standard InChI is InChI=1S/C25H21N3O4S/c1-3-27(4-2)17-10-9-15-11-19(25(31)32-21(15)12-17)23-26-16(14-33-23)13-28-20-8-6-5-7-18(20)22(29)24(28)30/h5-12,14H,3-4,13H2,1-2H3. The lowest BCUT2D eigenvalue weighted by molar-refractivity contribution is -0.114. The maximum absolute atomic E-state index is 12.7. The van der Waals surface area contributed by atoms with Crippen molar-refractivity contribution in [2.24, 2.45) is 0 Å². The molecule has 166 valence electrons. The second-order valence-corrected chi connectivity index (χ2v) is 8.58. The van der Waals surface area contributed by atoms with Gasteiger partial charge in [0, 0.05) is 35.6 Å². The van der Waals surface area contributed by atoms with Crippen LogP contribution in [0.2, 0.25) is 0 Å². The maximum Gasteiger partial charge on any atom is 0.346 e. The number of benzene rings is 2. The molecule has 0 saturated carbocycles. The highest BCUT2D eigenvalue weighted by molar-refractivity contribution is 7.13. The smallest absolute Gasteiger partial charge is 0.346 e. The van der Waals surface area contributed by atoms with Gasteiger partial charge in [-0.3, -0.25) is 14.5 Å². The monoisotopic (exact) mass is 459 g/mol. The van der Waals surface area contributed by atoms with E-state index in [-0.39, 0.29) is 6.54 Å². The maximum atomic E-state index is 12.7. The molecular weight excluding hydrogens is 438 g/mol. The summed E-state index contributed by atoms with van der Waals surface area (Å²) in [6, 6.07) is 14.5. The van der Waals surface area contributed by atoms with E-state index in [2.05, 4.69) is 23.7 Å². The van der Waals surface area contributed by atoms with E-state index in [1.54, 1.807) is 35.7 Å². The molecule has 0 aliphatic carbocycles. The van der Waals surface area contributed by atoms with Crippen LogP contribution in [0.5, 0.6) is 0 Å². The fourth-order valence-electron chi connectivity index (χ4n) is 4.10. The van der Waals surface area contributed by atoms with Gasteiger partial charge in [0.2, 0.25) is 0 Å². The molecule has 1 aliphatic heterocycles. The molecular formula is C25H21N3O4S. The van der Waals surface area contributed by atoms with E-state index in [9.17, 15) is 14.4 Å². The van der Waals surface area contributed by atoms with Gasteiger partial charge < -0.3 is 9.32 Å². The molecule has 3 heterocycles. The number of rotatable bonds is 6. The van der Waals surface area contributed by atoms with Crippen molar-refractivity contribution in [3.05, 3.63) is 75.6 Å². The van der Waals surface area contributed by atoms with Gasteiger partial charge in [0.05, 0.1) is 29.1 Å². The molecule has 0 fully saturated rings. The van der Waals surface area contributed by atoms with Gasteiger partial charge in [-0.2, -0.15) is 0 Å². The number of ketones is 1. The first-order chi connectivity index (χ1) is 16.0. The second kappa shape index (κ2) is 8.29. The van der Waals surface area contributed by atoms with Gasteiger partial charge in [-0.05, 0) is 44.2 Å². The number of nitrogens with zero attached hydrogens (tertiary/aromatic N) is 3. The van der Waals surface area contributed by atoms with Gasteiger partial charge >= 0.3 is 5.63 Å². The molecule has 2 aromatic carbocycles. The van der Waals surface area contributed by atoms with E-state index in [0.717, 1.165) is 24.2 Å². The molecule has 0 saturated heterocycles. The summed E-state index contributed by atoms with van der Waals surface area (Å²) in [5, 5.41) is 3.12. The molecule has 7 nitrogen and oxygen atoms in total. The normalized spacial score (nSPS) is 13.1. The number of aromatic nitrogens is 1. The molecule has 5 rings (SSSR count). The Hall–Kier alpha value is -3.78. The molecule has 2 aromatic heterocycles. The van der Waals surface area contributed by atoms with Crippen molar-refractivity contribution in [2.45, 2.75) is 20.4 Å². The third kappa shape index (κ3) is 3.62. The topological polar surface area (TPSA) is 83.7 Å². The third-order valence-electron chi connectivity index (χ3n) is 5.83. The zero-order valence-corrected chi connectivity index (χ0v) is 19.0. The fraction of sp³-hybridized carbons (Fsp3) is 0.200. The lowest BCUT2D eigenvalue weighted by Crippen LogP contribution is -2.29. The molecule has 0 radical (unpaired) electrons. The average Bonchev–Trinajstić information content (AvgIpc) is 3.38. The van der Waals surface area contributed by atoms with E-state index in [1.807, 2.05) is 18.2 Å². The average molecular weight is 460 g/mol. The Kier molecular flexibility index (Phi) is 5.30. The van der Waals surface area contributed by atoms with Gasteiger partial charge in [-0.1, -0.05) is 12.1 Å². The second-order valence-electron chi connectivity index (χ2n) is 7.72. The quantitative estimate of drug-likeness (QED) is 0.312. The molecule has 8 heteroatoms. The number of carbonyl (C=O) groups excluding carboxylic acids is 2. The first kappa shape index (κ1) is 21.1. The number of Topliss-reactive ketones (excluding diaryl/α,β-unsaturated/α-hetero) is 1. The zero-order valence-electron chi connectivity index (χ0n) is 18.2. The van der Waals surface area contributed by atoms with Crippen molar-refractivity contribution in [3.8, 4) is 10.6 Å². The molecule has 0 atom stereocenters. The summed E-state index contributed by atoms with van der Waals surface area (Å²) in [5.41, 5.74) is 3.03. The van der Waals surface area contributed by atoms with Crippen LogP contribution in [-0.4, -0.2) is 29.8 Å². The number of hydrogen-bond donors (Lipinski definition) is 0. The lowest BCUT2D eigenvalue weighted by Gasteiger charge is -2.20. The third-order valence-corrected chi connectivity index (χ3v) is 6.75. The van der Waals surface area contributed by atoms with Crippen molar-refractivity contribution in [3.63, 3.8) is 0 Å². The molecule has 0 N–H and O–H groups in total. The number of hydrogen-bond acceptors (Lipinski definition) is 7. The van der Waals surface area contributed by atoms with Crippen molar-refractivity contribution < 1.29 is 14.0 Å². The van der Waals surface area contributed by atoms with Crippen LogP contribution in [-0.2, 0) is 11.3 Å². The Bertz CT molecular complexity index is 1450. The number of carbonyl (C=O) groups is 2. The van der Waals surface area contributed by atoms with E-state index < -0.39 is 17.3 Å². The van der Waals surface area contributed by atoms with Crippen LogP contribution in [0.3, 0.4) is 0 Å². The minimum Gasteiger partial charge on any atom is -0.422 e. The molecule has 1 aliphatic rings. The largest absolute Gasteiger partial charge is 0.422 e. The van der Waals surface area contributed by atoms with Crippen LogP contribution >= 0.6 is 11.3 Å². The fourth-order valence-corrected chi connectivity index (χ4v) is 4.92. The number of thiazole rings is 1. The molecule has 33 heavy (non-hydrogen) atoms. The highest BCUT2D eigenvalue weighted by Gasteiger charge is 2.35. The Morgan fingerprint density at radius 3 is 2.58 bits per heavy atom. The SMILES string of the molecule is CCN(CC)c1ccc2cc(-c3nc(CN4C(=O)C(=O)c5ccccc54)cs3)c(=O)oc2c1. The summed E-state index contributed by atoms with van der Waals surface area (Å²) in [6.07, 6.45) is 0. The number of amides is 1. The molecule has 1 amide bonds. The Morgan fingerprint density at radius 1 is 1.00 bits per heavy atom. The lowest BCUT2D eigenvalue weighted by atomic mass is 10.1. The van der Waals surface area contributed by atoms with Crippen LogP contribution in [0.4, 0.5) is 11.4 Å². The van der Waals surface area contributed by atoms with Crippen LogP contribution in [0.1, 0.15) is 29.9 Å². The minimum atomic E-state index is -0.569. The van der Waals surface area contributed by atoms with Crippen LogP contribution in [0, 0.1) is 0 Å². The van der Waals surface area contributed by atoms with Crippen molar-refractivity contribution in [2.75, 3.05) is 22.9 Å². The Balaban J connectivity index is 1.45. The zero-order chi connectivity index (χ0) is 23.1. The van der Waals surface area contributed by atoms with E-state index >= 15 is 0 Å². The van der Waals surface area contributed by atoms with Crippen LogP contribution < -0.4 is 15.4 Å². The molecule has 0 spiro atoms. The van der Waals surface area contributed by atoms with Crippen LogP contribution in [0.15, 0.2) is 63.1 Å². The number of anilines is 2. The first-order valence-electron chi connectivity index (χ1n) is 10.7. The van der Waals surface area contributed by atoms with Gasteiger partial charge in [-0.25, -0.2) is 9.78 Å². The van der Waals surface area contributed by atoms with Gasteiger partial charge in [0.15, 0.2) is 0 Å². The minimum absolute atomic E-state index is 0.157. The van der Waals surface area contributed by atoms with Gasteiger partial charge in [-0.15, -0.1) is 11.3 Å². The van der Waals surface area contributed by atoms with Gasteiger partial charge in [0.1, 0.15) is 10.6 Å². The Labute approximate surface area is 193 Å². The van der Waals surface area contributed by atoms with E-state index in [0.29, 0.717) is 33.1 Å². The molecule has 0 bridgehead atoms. The number of fused-ring (bicyclic) bond motifs is 2. The summed E-state index contributed by atoms with van der Waals surface area (Å²) >= 11 is 1.31. The summed E-state index contributed by atoms with van der Waals surface area (Å²) < 4.78 is 5.62. The van der Waals surface area contributed by atoms with E-state index in [4.69, 9.17) is 4.42 Å². The first-order valence-corrected chi connectivity index (χ1v) is 11.6.